The van der Waals surface area contributed by atoms with Gasteiger partial charge in [0.05, 0.1) is 33.8 Å². The van der Waals surface area contributed by atoms with E-state index in [0.29, 0.717) is 16.0 Å². The summed E-state index contributed by atoms with van der Waals surface area (Å²) in [6.07, 6.45) is 0. The summed E-state index contributed by atoms with van der Waals surface area (Å²) in [4.78, 5) is 40.1. The van der Waals surface area contributed by atoms with Crippen LogP contribution in [-0.4, -0.2) is 43.5 Å². The first-order chi connectivity index (χ1) is 18.6. The van der Waals surface area contributed by atoms with Crippen molar-refractivity contribution in [1.82, 2.24) is 4.57 Å². The van der Waals surface area contributed by atoms with Crippen LogP contribution in [0, 0.1) is 10.1 Å². The van der Waals surface area contributed by atoms with Crippen LogP contribution < -0.4 is 14.3 Å². The molecule has 4 aromatic rings. The largest absolute Gasteiger partial charge is 0.497 e. The SMILES string of the molecule is CCOC(=O)Cn1c(=NC(=O)c2ccc(NS(=O)(=O)c3ccc(OC)cc3)cc2)sc2cc([N+](=O)[O-])ccc21. The maximum absolute atomic E-state index is 13.0. The zero-order chi connectivity index (χ0) is 28.2. The highest BCUT2D eigenvalue weighted by molar-refractivity contribution is 7.92. The van der Waals surface area contributed by atoms with E-state index < -0.39 is 26.8 Å². The number of nitro benzene ring substituents is 1. The fourth-order valence-electron chi connectivity index (χ4n) is 3.55. The lowest BCUT2D eigenvalue weighted by Gasteiger charge is -2.09. The Morgan fingerprint density at radius 2 is 1.77 bits per heavy atom. The van der Waals surface area contributed by atoms with Crippen molar-refractivity contribution in [3.8, 4) is 5.75 Å². The van der Waals surface area contributed by atoms with Gasteiger partial charge in [-0.25, -0.2) is 8.42 Å². The van der Waals surface area contributed by atoms with Crippen LogP contribution in [0.2, 0.25) is 0 Å². The first-order valence-corrected chi connectivity index (χ1v) is 13.7. The van der Waals surface area contributed by atoms with Crippen molar-refractivity contribution in [3.05, 3.63) is 87.2 Å². The number of sulfonamides is 1. The Kier molecular flexibility index (Phi) is 8.07. The maximum Gasteiger partial charge on any atom is 0.326 e. The van der Waals surface area contributed by atoms with E-state index >= 15 is 0 Å². The molecule has 0 aliphatic carbocycles. The van der Waals surface area contributed by atoms with Gasteiger partial charge in [-0.3, -0.25) is 24.4 Å². The van der Waals surface area contributed by atoms with E-state index in [-0.39, 0.29) is 39.8 Å². The number of hydrogen-bond acceptors (Lipinski definition) is 9. The van der Waals surface area contributed by atoms with Gasteiger partial charge in [-0.15, -0.1) is 0 Å². The number of thiazole rings is 1. The number of carbonyl (C=O) groups excluding carboxylic acids is 2. The summed E-state index contributed by atoms with van der Waals surface area (Å²) in [6.45, 7) is 1.57. The minimum Gasteiger partial charge on any atom is -0.497 e. The van der Waals surface area contributed by atoms with Crippen molar-refractivity contribution < 1.29 is 32.4 Å². The van der Waals surface area contributed by atoms with E-state index in [0.717, 1.165) is 11.3 Å². The number of nitrogens with one attached hydrogen (secondary N) is 1. The molecule has 4 rings (SSSR count). The number of amides is 1. The molecule has 1 aromatic heterocycles. The van der Waals surface area contributed by atoms with Gasteiger partial charge in [0.15, 0.2) is 4.80 Å². The van der Waals surface area contributed by atoms with Gasteiger partial charge in [0.2, 0.25) is 0 Å². The van der Waals surface area contributed by atoms with Crippen LogP contribution in [-0.2, 0) is 26.1 Å². The molecular formula is C25H22N4O8S2. The molecule has 0 aliphatic rings. The number of anilines is 1. The van der Waals surface area contributed by atoms with Crippen LogP contribution in [0.4, 0.5) is 11.4 Å². The summed E-state index contributed by atoms with van der Waals surface area (Å²) in [5, 5.41) is 11.2. The number of non-ortho nitro benzene ring substituents is 1. The van der Waals surface area contributed by atoms with Gasteiger partial charge in [-0.1, -0.05) is 11.3 Å². The molecule has 1 N–H and O–H groups in total. The molecule has 39 heavy (non-hydrogen) atoms. The number of esters is 1. The third kappa shape index (κ3) is 6.30. The predicted molar refractivity (Wildman–Crippen MR) is 143 cm³/mol. The van der Waals surface area contributed by atoms with Crippen LogP contribution in [0.1, 0.15) is 17.3 Å². The summed E-state index contributed by atoms with van der Waals surface area (Å²) in [5.74, 6) is -0.697. The summed E-state index contributed by atoms with van der Waals surface area (Å²) < 4.78 is 39.7. The molecule has 0 atom stereocenters. The molecule has 0 fully saturated rings. The Morgan fingerprint density at radius 1 is 1.08 bits per heavy atom. The van der Waals surface area contributed by atoms with E-state index in [1.807, 2.05) is 0 Å². The van der Waals surface area contributed by atoms with Crippen molar-refractivity contribution in [3.63, 3.8) is 0 Å². The Labute approximate surface area is 226 Å². The van der Waals surface area contributed by atoms with Crippen LogP contribution >= 0.6 is 11.3 Å². The van der Waals surface area contributed by atoms with Gasteiger partial charge in [0, 0.05) is 23.4 Å². The van der Waals surface area contributed by atoms with Gasteiger partial charge in [-0.2, -0.15) is 4.99 Å². The Balaban J connectivity index is 1.62. The quantitative estimate of drug-likeness (QED) is 0.181. The molecule has 0 spiro atoms. The average Bonchev–Trinajstić information content (AvgIpc) is 3.24. The number of nitro groups is 1. The Morgan fingerprint density at radius 3 is 2.38 bits per heavy atom. The topological polar surface area (TPSA) is 159 Å². The zero-order valence-corrected chi connectivity index (χ0v) is 22.3. The molecule has 0 radical (unpaired) electrons. The number of benzene rings is 3. The van der Waals surface area contributed by atoms with Crippen LogP contribution in [0.3, 0.4) is 0 Å². The first-order valence-electron chi connectivity index (χ1n) is 11.4. The lowest BCUT2D eigenvalue weighted by molar-refractivity contribution is -0.384. The summed E-state index contributed by atoms with van der Waals surface area (Å²) in [5.41, 5.74) is 0.730. The number of carbonyl (C=O) groups is 2. The molecule has 0 unspecified atom stereocenters. The van der Waals surface area contributed by atoms with E-state index in [2.05, 4.69) is 9.71 Å². The molecular weight excluding hydrogens is 548 g/mol. The predicted octanol–water partition coefficient (Wildman–Crippen LogP) is 3.72. The molecule has 1 amide bonds. The highest BCUT2D eigenvalue weighted by Crippen LogP contribution is 2.24. The number of hydrogen-bond donors (Lipinski definition) is 1. The molecule has 14 heteroatoms. The lowest BCUT2D eigenvalue weighted by atomic mass is 10.2. The second-order valence-corrected chi connectivity index (χ2v) is 10.7. The van der Waals surface area contributed by atoms with Gasteiger partial charge in [0.25, 0.3) is 21.6 Å². The molecule has 12 nitrogen and oxygen atoms in total. The normalized spacial score (nSPS) is 11.8. The number of fused-ring (bicyclic) bond motifs is 1. The van der Waals surface area contributed by atoms with Gasteiger partial charge >= 0.3 is 5.97 Å². The van der Waals surface area contributed by atoms with Gasteiger partial charge in [0.1, 0.15) is 12.3 Å². The third-order valence-corrected chi connectivity index (χ3v) is 7.86. The lowest BCUT2D eigenvalue weighted by Crippen LogP contribution is -2.23. The highest BCUT2D eigenvalue weighted by Gasteiger charge is 2.17. The number of methoxy groups -OCH3 is 1. The van der Waals surface area contributed by atoms with Crippen molar-refractivity contribution in [2.24, 2.45) is 4.99 Å². The molecule has 202 valence electrons. The number of ether oxygens (including phenoxy) is 2. The van der Waals surface area contributed by atoms with Crippen LogP contribution in [0.5, 0.6) is 5.75 Å². The zero-order valence-electron chi connectivity index (χ0n) is 20.7. The standard InChI is InChI=1S/C25H22N4O8S2/c1-3-37-23(30)15-28-21-13-8-18(29(32)33)14-22(21)38-25(28)26-24(31)16-4-6-17(7-5-16)27-39(34,35)20-11-9-19(36-2)10-12-20/h4-14,27H,3,15H2,1-2H3. The van der Waals surface area contributed by atoms with Crippen molar-refractivity contribution in [1.29, 1.82) is 0 Å². The number of aromatic nitrogens is 1. The van der Waals surface area contributed by atoms with E-state index in [9.17, 15) is 28.1 Å². The van der Waals surface area contributed by atoms with E-state index in [4.69, 9.17) is 9.47 Å². The van der Waals surface area contributed by atoms with Gasteiger partial charge < -0.3 is 14.0 Å². The van der Waals surface area contributed by atoms with Crippen molar-refractivity contribution in [2.75, 3.05) is 18.4 Å². The van der Waals surface area contributed by atoms with Crippen molar-refractivity contribution in [2.45, 2.75) is 18.4 Å². The molecule has 3 aromatic carbocycles. The smallest absolute Gasteiger partial charge is 0.326 e. The molecule has 0 bridgehead atoms. The van der Waals surface area contributed by atoms with Crippen LogP contribution in [0.15, 0.2) is 76.6 Å². The average molecular weight is 571 g/mol. The Bertz CT molecular complexity index is 1720. The van der Waals surface area contributed by atoms with Crippen molar-refractivity contribution >= 4 is 54.8 Å². The van der Waals surface area contributed by atoms with Crippen LogP contribution in [0.25, 0.3) is 10.2 Å². The third-order valence-electron chi connectivity index (χ3n) is 5.42. The molecule has 0 saturated heterocycles. The number of nitrogens with zero attached hydrogens (tertiary/aromatic N) is 3. The molecule has 1 heterocycles. The molecule has 0 saturated carbocycles. The summed E-state index contributed by atoms with van der Waals surface area (Å²) in [6, 6.07) is 15.6. The number of rotatable bonds is 9. The minimum absolute atomic E-state index is 0.0367. The first kappa shape index (κ1) is 27.5. The fourth-order valence-corrected chi connectivity index (χ4v) is 5.67. The fraction of sp³-hybridized carbons (Fsp3) is 0.160. The second-order valence-electron chi connectivity index (χ2n) is 7.96. The van der Waals surface area contributed by atoms with E-state index in [1.54, 1.807) is 6.92 Å². The van der Waals surface area contributed by atoms with E-state index in [1.165, 1.54) is 78.4 Å². The molecule has 0 aliphatic heterocycles. The summed E-state index contributed by atoms with van der Waals surface area (Å²) >= 11 is 1.01. The maximum atomic E-state index is 13.0. The summed E-state index contributed by atoms with van der Waals surface area (Å²) in [7, 11) is -2.40. The second kappa shape index (κ2) is 11.4. The monoisotopic (exact) mass is 570 g/mol. The van der Waals surface area contributed by atoms with Gasteiger partial charge in [-0.05, 0) is 61.5 Å². The highest BCUT2D eigenvalue weighted by atomic mass is 32.2. The Hall–Kier alpha value is -4.56. The minimum atomic E-state index is -3.87.